The largest absolute Gasteiger partial charge is 0.356 e. The zero-order valence-electron chi connectivity index (χ0n) is 9.53. The highest BCUT2D eigenvalue weighted by molar-refractivity contribution is 9.09. The van der Waals surface area contributed by atoms with Crippen molar-refractivity contribution in [3.05, 3.63) is 0 Å². The summed E-state index contributed by atoms with van der Waals surface area (Å²) in [4.78, 5) is 11.4. The zero-order chi connectivity index (χ0) is 11.0. The van der Waals surface area contributed by atoms with E-state index in [1.807, 2.05) is 0 Å². The van der Waals surface area contributed by atoms with Gasteiger partial charge in [0.05, 0.1) is 0 Å². The summed E-state index contributed by atoms with van der Waals surface area (Å²) < 4.78 is 0. The molecule has 0 spiro atoms. The predicted molar refractivity (Wildman–Crippen MR) is 64.7 cm³/mol. The molecule has 0 atom stereocenters. The number of alkyl halides is 1. The molecule has 84 valence electrons. The second kappa shape index (κ2) is 7.27. The Morgan fingerprint density at radius 1 is 1.36 bits per heavy atom. The molecule has 0 rings (SSSR count). The van der Waals surface area contributed by atoms with Gasteiger partial charge >= 0.3 is 0 Å². The Kier molecular flexibility index (Phi) is 7.24. The third kappa shape index (κ3) is 7.36. The first kappa shape index (κ1) is 13.9. The molecule has 2 nitrogen and oxygen atoms in total. The van der Waals surface area contributed by atoms with Crippen molar-refractivity contribution in [2.75, 3.05) is 11.9 Å². The van der Waals surface area contributed by atoms with E-state index in [2.05, 4.69) is 42.0 Å². The molecule has 14 heavy (non-hydrogen) atoms. The van der Waals surface area contributed by atoms with Crippen LogP contribution in [0.5, 0.6) is 0 Å². The normalized spacial score (nSPS) is 11.4. The summed E-state index contributed by atoms with van der Waals surface area (Å²) in [6.07, 6.45) is 3.80. The van der Waals surface area contributed by atoms with E-state index in [4.69, 9.17) is 0 Å². The first-order valence-electron chi connectivity index (χ1n) is 5.34. The van der Waals surface area contributed by atoms with Gasteiger partial charge in [0, 0.05) is 18.3 Å². The number of carbonyl (C=O) groups excluding carboxylic acids is 1. The van der Waals surface area contributed by atoms with E-state index in [9.17, 15) is 4.79 Å². The van der Waals surface area contributed by atoms with Gasteiger partial charge in [0.1, 0.15) is 0 Å². The lowest BCUT2D eigenvalue weighted by atomic mass is 9.90. The van der Waals surface area contributed by atoms with Gasteiger partial charge in [-0.1, -0.05) is 36.7 Å². The lowest BCUT2D eigenvalue weighted by molar-refractivity contribution is -0.121. The van der Waals surface area contributed by atoms with Gasteiger partial charge in [-0.2, -0.15) is 0 Å². The number of rotatable bonds is 7. The van der Waals surface area contributed by atoms with Crippen molar-refractivity contribution in [1.82, 2.24) is 5.32 Å². The summed E-state index contributed by atoms with van der Waals surface area (Å²) >= 11 is 3.35. The quantitative estimate of drug-likeness (QED) is 0.555. The molecule has 0 radical (unpaired) electrons. The van der Waals surface area contributed by atoms with Crippen LogP contribution in [0.3, 0.4) is 0 Å². The molecule has 0 unspecified atom stereocenters. The van der Waals surface area contributed by atoms with Crippen molar-refractivity contribution in [3.63, 3.8) is 0 Å². The second-order valence-corrected chi connectivity index (χ2v) is 5.23. The monoisotopic (exact) mass is 263 g/mol. The Morgan fingerprint density at radius 3 is 2.50 bits per heavy atom. The maximum absolute atomic E-state index is 11.4. The van der Waals surface area contributed by atoms with Crippen molar-refractivity contribution < 1.29 is 4.79 Å². The van der Waals surface area contributed by atoms with Crippen LogP contribution in [0.15, 0.2) is 0 Å². The molecule has 0 aliphatic rings. The Balaban J connectivity index is 3.53. The molecule has 0 aromatic rings. The topological polar surface area (TPSA) is 29.1 Å². The summed E-state index contributed by atoms with van der Waals surface area (Å²) in [5.41, 5.74) is 0.227. The van der Waals surface area contributed by atoms with Crippen LogP contribution in [0, 0.1) is 5.41 Å². The molecular formula is C11H22BrNO. The lowest BCUT2D eigenvalue weighted by Gasteiger charge is -2.22. The highest BCUT2D eigenvalue weighted by Crippen LogP contribution is 2.17. The fourth-order valence-electron chi connectivity index (χ4n) is 0.931. The molecule has 0 aliphatic heterocycles. The van der Waals surface area contributed by atoms with Crippen LogP contribution >= 0.6 is 15.9 Å². The second-order valence-electron chi connectivity index (χ2n) is 4.44. The Morgan fingerprint density at radius 2 is 2.00 bits per heavy atom. The number of nitrogens with one attached hydrogen (secondary N) is 1. The average Bonchev–Trinajstić information content (AvgIpc) is 2.16. The van der Waals surface area contributed by atoms with Crippen LogP contribution in [-0.2, 0) is 4.79 Å². The van der Waals surface area contributed by atoms with Crippen LogP contribution in [-0.4, -0.2) is 17.8 Å². The van der Waals surface area contributed by atoms with Crippen molar-refractivity contribution in [2.24, 2.45) is 5.41 Å². The SMILES string of the molecule is CCC(C)(C)CNC(=O)CCCCBr. The third-order valence-electron chi connectivity index (χ3n) is 2.51. The van der Waals surface area contributed by atoms with Crippen LogP contribution in [0.25, 0.3) is 0 Å². The summed E-state index contributed by atoms with van der Waals surface area (Å²) in [5.74, 6) is 0.187. The van der Waals surface area contributed by atoms with Crippen molar-refractivity contribution >= 4 is 21.8 Å². The molecule has 1 amide bonds. The average molecular weight is 264 g/mol. The van der Waals surface area contributed by atoms with Gasteiger partial charge in [-0.3, -0.25) is 4.79 Å². The predicted octanol–water partition coefficient (Wildman–Crippen LogP) is 3.10. The third-order valence-corrected chi connectivity index (χ3v) is 3.07. The molecule has 0 saturated carbocycles. The van der Waals surface area contributed by atoms with E-state index in [-0.39, 0.29) is 11.3 Å². The Bertz CT molecular complexity index is 169. The zero-order valence-corrected chi connectivity index (χ0v) is 11.1. The van der Waals surface area contributed by atoms with E-state index in [1.165, 1.54) is 0 Å². The first-order valence-corrected chi connectivity index (χ1v) is 6.46. The number of hydrogen-bond donors (Lipinski definition) is 1. The molecule has 0 bridgehead atoms. The summed E-state index contributed by atoms with van der Waals surface area (Å²) in [6.45, 7) is 7.28. The summed E-state index contributed by atoms with van der Waals surface area (Å²) in [5, 5.41) is 3.97. The van der Waals surface area contributed by atoms with E-state index in [0.717, 1.165) is 31.1 Å². The molecule has 0 heterocycles. The summed E-state index contributed by atoms with van der Waals surface area (Å²) in [7, 11) is 0. The van der Waals surface area contributed by atoms with E-state index in [1.54, 1.807) is 0 Å². The van der Waals surface area contributed by atoms with Crippen LogP contribution in [0.1, 0.15) is 46.5 Å². The minimum atomic E-state index is 0.187. The number of carbonyl (C=O) groups is 1. The van der Waals surface area contributed by atoms with E-state index < -0.39 is 0 Å². The fourth-order valence-corrected chi connectivity index (χ4v) is 1.33. The number of unbranched alkanes of at least 4 members (excludes halogenated alkanes) is 1. The fraction of sp³-hybridized carbons (Fsp3) is 0.909. The van der Waals surface area contributed by atoms with Crippen LogP contribution in [0.4, 0.5) is 0 Å². The maximum atomic E-state index is 11.4. The van der Waals surface area contributed by atoms with Gasteiger partial charge in [0.15, 0.2) is 0 Å². The lowest BCUT2D eigenvalue weighted by Crippen LogP contribution is -2.33. The van der Waals surface area contributed by atoms with Gasteiger partial charge in [0.25, 0.3) is 0 Å². The molecule has 0 aromatic heterocycles. The summed E-state index contributed by atoms with van der Waals surface area (Å²) in [6, 6.07) is 0. The van der Waals surface area contributed by atoms with Gasteiger partial charge in [0.2, 0.25) is 5.91 Å². The highest BCUT2D eigenvalue weighted by Gasteiger charge is 2.15. The smallest absolute Gasteiger partial charge is 0.220 e. The van der Waals surface area contributed by atoms with E-state index in [0.29, 0.717) is 6.42 Å². The molecule has 1 N–H and O–H groups in total. The van der Waals surface area contributed by atoms with Crippen LogP contribution in [0.2, 0.25) is 0 Å². The molecular weight excluding hydrogens is 242 g/mol. The minimum Gasteiger partial charge on any atom is -0.356 e. The number of amides is 1. The van der Waals surface area contributed by atoms with Crippen molar-refractivity contribution in [1.29, 1.82) is 0 Å². The standard InChI is InChI=1S/C11H22BrNO/c1-4-11(2,3)9-13-10(14)7-5-6-8-12/h4-9H2,1-3H3,(H,13,14). The molecule has 0 saturated heterocycles. The Hall–Kier alpha value is -0.0500. The van der Waals surface area contributed by atoms with Gasteiger partial charge in [-0.25, -0.2) is 0 Å². The Labute approximate surface area is 96.0 Å². The highest BCUT2D eigenvalue weighted by atomic mass is 79.9. The van der Waals surface area contributed by atoms with Crippen molar-refractivity contribution in [2.45, 2.75) is 46.5 Å². The molecule has 3 heteroatoms. The molecule has 0 aliphatic carbocycles. The molecule has 0 fully saturated rings. The van der Waals surface area contributed by atoms with Gasteiger partial charge < -0.3 is 5.32 Å². The number of hydrogen-bond acceptors (Lipinski definition) is 1. The van der Waals surface area contributed by atoms with Gasteiger partial charge in [-0.05, 0) is 24.7 Å². The number of halogens is 1. The van der Waals surface area contributed by atoms with Crippen molar-refractivity contribution in [3.8, 4) is 0 Å². The van der Waals surface area contributed by atoms with Crippen LogP contribution < -0.4 is 5.32 Å². The minimum absolute atomic E-state index is 0.187. The van der Waals surface area contributed by atoms with Gasteiger partial charge in [-0.15, -0.1) is 0 Å². The van der Waals surface area contributed by atoms with E-state index >= 15 is 0 Å². The maximum Gasteiger partial charge on any atom is 0.220 e. The molecule has 0 aromatic carbocycles. The first-order chi connectivity index (χ1) is 6.52.